The van der Waals surface area contributed by atoms with Gasteiger partial charge in [-0.25, -0.2) is 0 Å². The minimum absolute atomic E-state index is 0.271. The maximum absolute atomic E-state index is 13.9. The second-order valence-corrected chi connectivity index (χ2v) is 8.83. The van der Waals surface area contributed by atoms with Crippen LogP contribution in [0.4, 0.5) is 0 Å². The summed E-state index contributed by atoms with van der Waals surface area (Å²) in [6.07, 6.45) is 1.75. The zero-order valence-corrected chi connectivity index (χ0v) is 18.3. The molecule has 0 saturated carbocycles. The van der Waals surface area contributed by atoms with Crippen molar-refractivity contribution >= 4 is 5.78 Å². The highest BCUT2D eigenvalue weighted by atomic mass is 16.1. The maximum atomic E-state index is 13.9. The number of nitrogens with zero attached hydrogens (tertiary/aromatic N) is 2. The molecule has 31 heavy (non-hydrogen) atoms. The van der Waals surface area contributed by atoms with Gasteiger partial charge >= 0.3 is 0 Å². The van der Waals surface area contributed by atoms with Crippen molar-refractivity contribution in [2.24, 2.45) is 0 Å². The van der Waals surface area contributed by atoms with Crippen molar-refractivity contribution in [2.75, 3.05) is 26.2 Å². The first kappa shape index (κ1) is 20.2. The number of benzene rings is 3. The van der Waals surface area contributed by atoms with Crippen molar-refractivity contribution in [2.45, 2.75) is 31.8 Å². The molecule has 0 bridgehead atoms. The molecule has 158 valence electrons. The topological polar surface area (TPSA) is 23.6 Å². The second-order valence-electron chi connectivity index (χ2n) is 8.83. The van der Waals surface area contributed by atoms with Crippen LogP contribution in [0.3, 0.4) is 0 Å². The van der Waals surface area contributed by atoms with E-state index in [2.05, 4.69) is 83.5 Å². The average molecular weight is 411 g/mol. The maximum Gasteiger partial charge on any atom is 0.188 e. The molecule has 3 aromatic carbocycles. The number of hydrogen-bond acceptors (Lipinski definition) is 3. The molecule has 0 amide bonds. The van der Waals surface area contributed by atoms with Crippen LogP contribution in [0.25, 0.3) is 0 Å². The fraction of sp³-hybridized carbons (Fsp3) is 0.321. The number of hydrogen-bond donors (Lipinski definition) is 0. The third kappa shape index (κ3) is 3.62. The van der Waals surface area contributed by atoms with Gasteiger partial charge in [0, 0.05) is 44.7 Å². The van der Waals surface area contributed by atoms with Crippen molar-refractivity contribution in [3.05, 3.63) is 107 Å². The van der Waals surface area contributed by atoms with Crippen LogP contribution in [0, 0.1) is 0 Å². The van der Waals surface area contributed by atoms with Crippen LogP contribution in [0.5, 0.6) is 0 Å². The van der Waals surface area contributed by atoms with E-state index < -0.39 is 5.54 Å². The van der Waals surface area contributed by atoms with Gasteiger partial charge in [-0.3, -0.25) is 14.6 Å². The molecule has 1 saturated heterocycles. The molecule has 3 heteroatoms. The van der Waals surface area contributed by atoms with Gasteiger partial charge in [-0.2, -0.15) is 0 Å². The van der Waals surface area contributed by atoms with E-state index in [1.54, 1.807) is 0 Å². The van der Waals surface area contributed by atoms with E-state index in [9.17, 15) is 4.79 Å². The standard InChI is InChI=1S/C28H30N2O/c1-2-22-11-8-13-25(19-22)28(20-24-12-6-7-14-26(24)27(28)31)30-17-15-29(16-18-30)21-23-9-4-3-5-10-23/h3-14,19H,2,15-18,20-21H2,1H3. The lowest BCUT2D eigenvalue weighted by Crippen LogP contribution is -2.58. The Morgan fingerprint density at radius 3 is 2.26 bits per heavy atom. The van der Waals surface area contributed by atoms with E-state index in [1.165, 1.54) is 16.7 Å². The molecule has 0 spiro atoms. The molecule has 5 rings (SSSR count). The van der Waals surface area contributed by atoms with Crippen molar-refractivity contribution in [1.29, 1.82) is 0 Å². The van der Waals surface area contributed by atoms with Crippen molar-refractivity contribution in [3.63, 3.8) is 0 Å². The predicted octanol–water partition coefficient (Wildman–Crippen LogP) is 4.70. The summed E-state index contributed by atoms with van der Waals surface area (Å²) in [5.41, 5.74) is 5.31. The Balaban J connectivity index is 1.45. The number of aryl methyl sites for hydroxylation is 1. The molecule has 1 atom stereocenters. The number of rotatable bonds is 5. The van der Waals surface area contributed by atoms with Crippen LogP contribution >= 0.6 is 0 Å². The molecule has 0 aromatic heterocycles. The van der Waals surface area contributed by atoms with E-state index in [0.717, 1.165) is 56.7 Å². The lowest BCUT2D eigenvalue weighted by Gasteiger charge is -2.45. The molecule has 0 N–H and O–H groups in total. The molecule has 3 nitrogen and oxygen atoms in total. The van der Waals surface area contributed by atoms with E-state index >= 15 is 0 Å². The summed E-state index contributed by atoms with van der Waals surface area (Å²) in [7, 11) is 0. The van der Waals surface area contributed by atoms with Crippen molar-refractivity contribution in [1.82, 2.24) is 9.80 Å². The molecule has 0 radical (unpaired) electrons. The summed E-state index contributed by atoms with van der Waals surface area (Å²) >= 11 is 0. The smallest absolute Gasteiger partial charge is 0.188 e. The highest BCUT2D eigenvalue weighted by Crippen LogP contribution is 2.43. The fourth-order valence-electron chi connectivity index (χ4n) is 5.32. The largest absolute Gasteiger partial charge is 0.297 e. The van der Waals surface area contributed by atoms with Crippen LogP contribution in [-0.4, -0.2) is 41.8 Å². The number of Topliss-reactive ketones (excluding diaryl/α,β-unsaturated/α-hetero) is 1. The van der Waals surface area contributed by atoms with Crippen LogP contribution in [0.2, 0.25) is 0 Å². The van der Waals surface area contributed by atoms with E-state index in [-0.39, 0.29) is 5.78 Å². The number of carbonyl (C=O) groups excluding carboxylic acids is 1. The zero-order valence-electron chi connectivity index (χ0n) is 18.3. The van der Waals surface area contributed by atoms with Gasteiger partial charge in [-0.15, -0.1) is 0 Å². The molecule has 1 fully saturated rings. The average Bonchev–Trinajstić information content (AvgIpc) is 3.14. The van der Waals surface area contributed by atoms with Crippen molar-refractivity contribution in [3.8, 4) is 0 Å². The lowest BCUT2D eigenvalue weighted by molar-refractivity contribution is 0.0288. The molecule has 1 unspecified atom stereocenters. The molecule has 1 aliphatic carbocycles. The SMILES string of the molecule is CCc1cccc(C2(N3CCN(Cc4ccccc4)CC3)Cc3ccccc3C2=O)c1. The van der Waals surface area contributed by atoms with Gasteiger partial charge in [0.15, 0.2) is 5.78 Å². The monoisotopic (exact) mass is 410 g/mol. The first-order chi connectivity index (χ1) is 15.2. The molecular weight excluding hydrogens is 380 g/mol. The van der Waals surface area contributed by atoms with Crippen LogP contribution in [0.1, 0.15) is 39.5 Å². The second kappa shape index (κ2) is 8.41. The van der Waals surface area contributed by atoms with Gasteiger partial charge in [0.2, 0.25) is 0 Å². The summed E-state index contributed by atoms with van der Waals surface area (Å²) in [6, 6.07) is 27.6. The molecule has 3 aromatic rings. The fourth-order valence-corrected chi connectivity index (χ4v) is 5.32. The Hall–Kier alpha value is -2.75. The molecule has 2 aliphatic rings. The Morgan fingerprint density at radius 1 is 0.806 bits per heavy atom. The van der Waals surface area contributed by atoms with E-state index in [0.29, 0.717) is 0 Å². The normalized spacial score (nSPS) is 21.9. The van der Waals surface area contributed by atoms with Crippen LogP contribution < -0.4 is 0 Å². The van der Waals surface area contributed by atoms with Gasteiger partial charge in [-0.05, 0) is 28.7 Å². The Labute approximate surface area is 185 Å². The summed E-state index contributed by atoms with van der Waals surface area (Å²) in [6.45, 7) is 6.92. The summed E-state index contributed by atoms with van der Waals surface area (Å²) in [4.78, 5) is 18.9. The third-order valence-electron chi connectivity index (χ3n) is 7.06. The number of fused-ring (bicyclic) bond motifs is 1. The molecular formula is C28H30N2O. The highest BCUT2D eigenvalue weighted by Gasteiger charge is 2.51. The molecule has 1 aliphatic heterocycles. The first-order valence-electron chi connectivity index (χ1n) is 11.4. The van der Waals surface area contributed by atoms with Gasteiger partial charge in [0.1, 0.15) is 5.54 Å². The van der Waals surface area contributed by atoms with Crippen LogP contribution in [0.15, 0.2) is 78.9 Å². The minimum Gasteiger partial charge on any atom is -0.297 e. The summed E-state index contributed by atoms with van der Waals surface area (Å²) in [5, 5.41) is 0. The summed E-state index contributed by atoms with van der Waals surface area (Å²) < 4.78 is 0. The van der Waals surface area contributed by atoms with Crippen LogP contribution in [-0.2, 0) is 24.9 Å². The first-order valence-corrected chi connectivity index (χ1v) is 11.4. The Kier molecular flexibility index (Phi) is 5.47. The number of piperazine rings is 1. The quantitative estimate of drug-likeness (QED) is 0.609. The van der Waals surface area contributed by atoms with E-state index in [1.807, 2.05) is 12.1 Å². The lowest BCUT2D eigenvalue weighted by atomic mass is 9.82. The third-order valence-corrected chi connectivity index (χ3v) is 7.06. The predicted molar refractivity (Wildman–Crippen MR) is 125 cm³/mol. The van der Waals surface area contributed by atoms with Gasteiger partial charge in [0.05, 0.1) is 0 Å². The number of carbonyl (C=O) groups is 1. The zero-order chi connectivity index (χ0) is 21.3. The number of ketones is 1. The highest BCUT2D eigenvalue weighted by molar-refractivity contribution is 6.08. The van der Waals surface area contributed by atoms with E-state index in [4.69, 9.17) is 0 Å². The summed E-state index contributed by atoms with van der Waals surface area (Å²) in [5.74, 6) is 0.271. The van der Waals surface area contributed by atoms with Crippen molar-refractivity contribution < 1.29 is 4.79 Å². The Morgan fingerprint density at radius 2 is 1.52 bits per heavy atom. The molecule has 1 heterocycles. The van der Waals surface area contributed by atoms with Gasteiger partial charge < -0.3 is 0 Å². The minimum atomic E-state index is -0.576. The van der Waals surface area contributed by atoms with Gasteiger partial charge in [-0.1, -0.05) is 85.8 Å². The van der Waals surface area contributed by atoms with Gasteiger partial charge in [0.25, 0.3) is 0 Å². The Bertz CT molecular complexity index is 1070.